The monoisotopic (exact) mass is 454 g/mol. The smallest absolute Gasteiger partial charge is 0.264 e. The third kappa shape index (κ3) is 5.15. The molecule has 8 heteroatoms. The quantitative estimate of drug-likeness (QED) is 0.371. The third-order valence-electron chi connectivity index (χ3n) is 5.49. The molecular weight excluding hydrogens is 428 g/mol. The van der Waals surface area contributed by atoms with Gasteiger partial charge in [0.25, 0.3) is 10.0 Å². The van der Waals surface area contributed by atoms with Gasteiger partial charge in [0.2, 0.25) is 0 Å². The molecule has 0 saturated carbocycles. The van der Waals surface area contributed by atoms with E-state index in [1.807, 2.05) is 24.3 Å². The van der Waals surface area contributed by atoms with Gasteiger partial charge in [0.05, 0.1) is 6.20 Å². The molecule has 0 aliphatic heterocycles. The van der Waals surface area contributed by atoms with E-state index in [0.717, 1.165) is 42.1 Å². The summed E-state index contributed by atoms with van der Waals surface area (Å²) in [5.41, 5.74) is 4.15. The Bertz CT molecular complexity index is 1250. The summed E-state index contributed by atoms with van der Waals surface area (Å²) < 4.78 is 31.4. The fraction of sp³-hybridized carbons (Fsp3) is 0.261. The second-order valence-electron chi connectivity index (χ2n) is 7.88. The summed E-state index contributed by atoms with van der Waals surface area (Å²) in [6.45, 7) is 4.00. The topological polar surface area (TPSA) is 78.1 Å². The highest BCUT2D eigenvalue weighted by molar-refractivity contribution is 7.92. The van der Waals surface area contributed by atoms with Crippen LogP contribution in [0.25, 0.3) is 10.9 Å². The van der Waals surface area contributed by atoms with Crippen molar-refractivity contribution in [1.29, 1.82) is 0 Å². The first-order valence-corrected chi connectivity index (χ1v) is 12.5. The summed E-state index contributed by atoms with van der Waals surface area (Å²) in [6, 6.07) is 16.0. The molecule has 2 heterocycles. The van der Waals surface area contributed by atoms with Gasteiger partial charge in [-0.05, 0) is 66.8 Å². The minimum Gasteiger partial charge on any atom is -0.361 e. The standard InChI is InChI=1S/C23H26N4O2S2/c1-17(10-11-27(2)15-19-13-24-23-9-4-3-8-22(19)23)18-6-5-7-20(12-18)26-31(28,29)21-14-25-30-16-21/h3-9,12-14,16-17,24,26H,10-11,15H2,1-2H3. The molecule has 31 heavy (non-hydrogen) atoms. The molecule has 6 nitrogen and oxygen atoms in total. The molecule has 1 atom stereocenters. The number of nitrogens with one attached hydrogen (secondary N) is 2. The molecule has 0 aliphatic carbocycles. The fourth-order valence-corrected chi connectivity index (χ4v) is 5.51. The number of anilines is 1. The zero-order chi connectivity index (χ0) is 21.8. The summed E-state index contributed by atoms with van der Waals surface area (Å²) in [5, 5.41) is 2.79. The molecule has 2 aromatic carbocycles. The van der Waals surface area contributed by atoms with Crippen LogP contribution in [0.1, 0.15) is 30.4 Å². The lowest BCUT2D eigenvalue weighted by atomic mass is 9.97. The zero-order valence-electron chi connectivity index (χ0n) is 17.6. The average Bonchev–Trinajstić information content (AvgIpc) is 3.43. The Kier molecular flexibility index (Phi) is 6.41. The number of sulfonamides is 1. The highest BCUT2D eigenvalue weighted by atomic mass is 32.2. The maximum atomic E-state index is 12.4. The van der Waals surface area contributed by atoms with Gasteiger partial charge in [-0.1, -0.05) is 37.3 Å². The van der Waals surface area contributed by atoms with Gasteiger partial charge in [-0.3, -0.25) is 4.72 Å². The Labute approximate surface area is 187 Å². The normalized spacial score (nSPS) is 13.0. The van der Waals surface area contributed by atoms with Gasteiger partial charge in [0.15, 0.2) is 0 Å². The van der Waals surface area contributed by atoms with E-state index in [2.05, 4.69) is 57.3 Å². The van der Waals surface area contributed by atoms with Crippen LogP contribution >= 0.6 is 11.5 Å². The molecule has 0 saturated heterocycles. The number of aromatic nitrogens is 2. The number of fused-ring (bicyclic) bond motifs is 1. The van der Waals surface area contributed by atoms with Crippen LogP contribution in [0.2, 0.25) is 0 Å². The van der Waals surface area contributed by atoms with Gasteiger partial charge in [-0.25, -0.2) is 8.42 Å². The molecule has 0 aliphatic rings. The second kappa shape index (κ2) is 9.21. The van der Waals surface area contributed by atoms with Gasteiger partial charge in [0, 0.05) is 34.7 Å². The maximum Gasteiger partial charge on any atom is 0.264 e. The van der Waals surface area contributed by atoms with Crippen molar-refractivity contribution in [2.75, 3.05) is 18.3 Å². The molecule has 0 spiro atoms. The zero-order valence-corrected chi connectivity index (χ0v) is 19.2. The van der Waals surface area contributed by atoms with E-state index in [-0.39, 0.29) is 4.90 Å². The van der Waals surface area contributed by atoms with E-state index in [9.17, 15) is 8.42 Å². The average molecular weight is 455 g/mol. The number of nitrogens with zero attached hydrogens (tertiary/aromatic N) is 2. The number of benzene rings is 2. The Morgan fingerprint density at radius 2 is 2.03 bits per heavy atom. The molecule has 1 unspecified atom stereocenters. The van der Waals surface area contributed by atoms with Crippen molar-refractivity contribution in [2.24, 2.45) is 0 Å². The van der Waals surface area contributed by atoms with Gasteiger partial charge in [0.1, 0.15) is 4.90 Å². The number of para-hydroxylation sites is 1. The maximum absolute atomic E-state index is 12.4. The van der Waals surface area contributed by atoms with Crippen molar-refractivity contribution in [3.8, 4) is 0 Å². The summed E-state index contributed by atoms with van der Waals surface area (Å²) in [4.78, 5) is 5.84. The summed E-state index contributed by atoms with van der Waals surface area (Å²) in [7, 11) is -1.47. The van der Waals surface area contributed by atoms with Gasteiger partial charge in [-0.15, -0.1) is 0 Å². The molecule has 162 valence electrons. The van der Waals surface area contributed by atoms with Crippen LogP contribution in [0.15, 0.2) is 71.2 Å². The van der Waals surface area contributed by atoms with Crippen molar-refractivity contribution in [2.45, 2.75) is 30.7 Å². The fourth-order valence-electron chi connectivity index (χ4n) is 3.66. The predicted molar refractivity (Wildman–Crippen MR) is 127 cm³/mol. The highest BCUT2D eigenvalue weighted by Gasteiger charge is 2.16. The Morgan fingerprint density at radius 1 is 1.19 bits per heavy atom. The molecule has 0 amide bonds. The van der Waals surface area contributed by atoms with Crippen molar-refractivity contribution in [3.63, 3.8) is 0 Å². The SMILES string of the molecule is CC(CCN(C)Cc1c[nH]c2ccccc12)c1cccc(NS(=O)(=O)c2cnsc2)c1. The summed E-state index contributed by atoms with van der Waals surface area (Å²) in [6.07, 6.45) is 4.43. The summed E-state index contributed by atoms with van der Waals surface area (Å²) in [5.74, 6) is 0.303. The van der Waals surface area contributed by atoms with Crippen molar-refractivity contribution < 1.29 is 8.42 Å². The van der Waals surface area contributed by atoms with Crippen LogP contribution < -0.4 is 4.72 Å². The lowest BCUT2D eigenvalue weighted by Gasteiger charge is -2.20. The van der Waals surface area contributed by atoms with E-state index in [1.54, 1.807) is 6.07 Å². The Morgan fingerprint density at radius 3 is 2.84 bits per heavy atom. The van der Waals surface area contributed by atoms with Crippen LogP contribution in [0.5, 0.6) is 0 Å². The van der Waals surface area contributed by atoms with Gasteiger partial charge in [-0.2, -0.15) is 4.37 Å². The van der Waals surface area contributed by atoms with Crippen molar-refractivity contribution in [3.05, 3.63) is 77.4 Å². The van der Waals surface area contributed by atoms with Crippen molar-refractivity contribution >= 4 is 38.1 Å². The first-order valence-electron chi connectivity index (χ1n) is 10.2. The van der Waals surface area contributed by atoms with E-state index in [0.29, 0.717) is 11.6 Å². The molecule has 0 bridgehead atoms. The van der Waals surface area contributed by atoms with E-state index in [1.165, 1.54) is 22.5 Å². The lowest BCUT2D eigenvalue weighted by Crippen LogP contribution is -2.20. The number of hydrogen-bond donors (Lipinski definition) is 2. The van der Waals surface area contributed by atoms with Crippen LogP contribution in [-0.2, 0) is 16.6 Å². The molecular formula is C23H26N4O2S2. The number of aromatic amines is 1. The number of H-pyrrole nitrogens is 1. The van der Waals surface area contributed by atoms with E-state index in [4.69, 9.17) is 0 Å². The van der Waals surface area contributed by atoms with E-state index >= 15 is 0 Å². The number of rotatable bonds is 9. The van der Waals surface area contributed by atoms with Gasteiger partial charge < -0.3 is 9.88 Å². The van der Waals surface area contributed by atoms with Gasteiger partial charge >= 0.3 is 0 Å². The highest BCUT2D eigenvalue weighted by Crippen LogP contribution is 2.25. The van der Waals surface area contributed by atoms with E-state index < -0.39 is 10.0 Å². The minimum absolute atomic E-state index is 0.190. The molecule has 4 aromatic rings. The second-order valence-corrected chi connectivity index (χ2v) is 10.2. The Hall–Kier alpha value is -2.68. The Balaban J connectivity index is 1.36. The van der Waals surface area contributed by atoms with Crippen LogP contribution in [0.4, 0.5) is 5.69 Å². The van der Waals surface area contributed by atoms with Crippen LogP contribution in [0, 0.1) is 0 Å². The minimum atomic E-state index is -3.60. The molecule has 0 radical (unpaired) electrons. The first kappa shape index (κ1) is 21.5. The lowest BCUT2D eigenvalue weighted by molar-refractivity contribution is 0.314. The van der Waals surface area contributed by atoms with Crippen LogP contribution in [0.3, 0.4) is 0 Å². The predicted octanol–water partition coefficient (Wildman–Crippen LogP) is 5.05. The van der Waals surface area contributed by atoms with Crippen LogP contribution in [-0.4, -0.2) is 36.3 Å². The molecule has 2 aromatic heterocycles. The third-order valence-corrected chi connectivity index (χ3v) is 7.57. The number of hydrogen-bond acceptors (Lipinski definition) is 5. The molecule has 2 N–H and O–H groups in total. The molecule has 4 rings (SSSR count). The first-order chi connectivity index (χ1) is 14.9. The largest absolute Gasteiger partial charge is 0.361 e. The van der Waals surface area contributed by atoms with Crippen molar-refractivity contribution in [1.82, 2.24) is 14.3 Å². The molecule has 0 fully saturated rings. The summed E-state index contributed by atoms with van der Waals surface area (Å²) >= 11 is 1.12.